The van der Waals surface area contributed by atoms with Gasteiger partial charge in [0, 0.05) is 37.9 Å². The average Bonchev–Trinajstić information content (AvgIpc) is 2.62. The van der Waals surface area contributed by atoms with E-state index in [9.17, 15) is 0 Å². The van der Waals surface area contributed by atoms with Gasteiger partial charge in [0.25, 0.3) is 0 Å². The zero-order valence-electron chi connectivity index (χ0n) is 14.1. The van der Waals surface area contributed by atoms with Crippen LogP contribution >= 0.6 is 0 Å². The fourth-order valence-electron chi connectivity index (χ4n) is 2.78. The van der Waals surface area contributed by atoms with E-state index < -0.39 is 0 Å². The average molecular weight is 327 g/mol. The first kappa shape index (κ1) is 16.9. The second-order valence-corrected chi connectivity index (χ2v) is 6.10. The van der Waals surface area contributed by atoms with Crippen molar-refractivity contribution in [3.05, 3.63) is 59.9 Å². The summed E-state index contributed by atoms with van der Waals surface area (Å²) in [5, 5.41) is 3.48. The molecule has 1 aromatic carbocycles. The first-order valence-electron chi connectivity index (χ1n) is 8.43. The highest BCUT2D eigenvalue weighted by Crippen LogP contribution is 2.19. The molecule has 0 radical (unpaired) electrons. The predicted molar refractivity (Wildman–Crippen MR) is 94.0 cm³/mol. The Kier molecular flexibility index (Phi) is 6.18. The smallest absolute Gasteiger partial charge is 0.130 e. The molecule has 3 rings (SSSR count). The minimum atomic E-state index is 0.255. The summed E-state index contributed by atoms with van der Waals surface area (Å²) in [5.41, 5.74) is 2.08. The Morgan fingerprint density at radius 1 is 1.25 bits per heavy atom. The molecule has 5 heteroatoms. The molecule has 2 aromatic rings. The molecule has 0 spiro atoms. The first-order valence-corrected chi connectivity index (χ1v) is 8.43. The number of aromatic nitrogens is 1. The number of hydrogen-bond donors (Lipinski definition) is 1. The monoisotopic (exact) mass is 327 g/mol. The van der Waals surface area contributed by atoms with Crippen molar-refractivity contribution in [3.63, 3.8) is 0 Å². The van der Waals surface area contributed by atoms with Gasteiger partial charge in [-0.25, -0.2) is 0 Å². The molecule has 0 bridgehead atoms. The van der Waals surface area contributed by atoms with Gasteiger partial charge in [0.15, 0.2) is 0 Å². The maximum atomic E-state index is 5.94. The number of nitrogens with one attached hydrogen (secondary N) is 1. The van der Waals surface area contributed by atoms with Gasteiger partial charge in [-0.2, -0.15) is 0 Å². The zero-order valence-corrected chi connectivity index (χ0v) is 14.1. The number of para-hydroxylation sites is 1. The Hall–Kier alpha value is -1.95. The van der Waals surface area contributed by atoms with Gasteiger partial charge in [0.1, 0.15) is 12.4 Å². The largest absolute Gasteiger partial charge is 0.487 e. The van der Waals surface area contributed by atoms with E-state index >= 15 is 0 Å². The Morgan fingerprint density at radius 3 is 2.96 bits per heavy atom. The van der Waals surface area contributed by atoms with Crippen LogP contribution in [-0.4, -0.2) is 49.3 Å². The summed E-state index contributed by atoms with van der Waals surface area (Å²) >= 11 is 0. The van der Waals surface area contributed by atoms with E-state index in [0.717, 1.165) is 49.8 Å². The molecule has 1 aliphatic heterocycles. The SMILES string of the molecule is CN1CCO[C@@H](CNCc2ccccc2OCc2ccccn2)C1. The summed E-state index contributed by atoms with van der Waals surface area (Å²) in [4.78, 5) is 6.60. The highest BCUT2D eigenvalue weighted by atomic mass is 16.5. The quantitative estimate of drug-likeness (QED) is 0.844. The molecule has 5 nitrogen and oxygen atoms in total. The van der Waals surface area contributed by atoms with Crippen molar-refractivity contribution in [2.45, 2.75) is 19.3 Å². The van der Waals surface area contributed by atoms with Crippen molar-refractivity contribution in [1.82, 2.24) is 15.2 Å². The number of pyridine rings is 1. The summed E-state index contributed by atoms with van der Waals surface area (Å²) in [7, 11) is 2.14. The lowest BCUT2D eigenvalue weighted by molar-refractivity contribution is -0.0182. The van der Waals surface area contributed by atoms with Crippen LogP contribution in [0.3, 0.4) is 0 Å². The van der Waals surface area contributed by atoms with Crippen molar-refractivity contribution in [2.75, 3.05) is 33.3 Å². The molecule has 1 fully saturated rings. The van der Waals surface area contributed by atoms with E-state index in [2.05, 4.69) is 28.3 Å². The Balaban J connectivity index is 1.50. The third kappa shape index (κ3) is 5.03. The van der Waals surface area contributed by atoms with Crippen molar-refractivity contribution < 1.29 is 9.47 Å². The summed E-state index contributed by atoms with van der Waals surface area (Å²) in [6.45, 7) is 4.90. The van der Waals surface area contributed by atoms with Gasteiger partial charge < -0.3 is 19.7 Å². The Bertz CT molecular complexity index is 621. The van der Waals surface area contributed by atoms with Gasteiger partial charge in [-0.1, -0.05) is 24.3 Å². The number of rotatable bonds is 7. The van der Waals surface area contributed by atoms with E-state index in [1.54, 1.807) is 6.20 Å². The van der Waals surface area contributed by atoms with E-state index in [4.69, 9.17) is 9.47 Å². The molecule has 1 N–H and O–H groups in total. The van der Waals surface area contributed by atoms with E-state index in [-0.39, 0.29) is 6.10 Å². The zero-order chi connectivity index (χ0) is 16.6. The van der Waals surface area contributed by atoms with Crippen molar-refractivity contribution in [3.8, 4) is 5.75 Å². The number of likely N-dealkylation sites (N-methyl/N-ethyl adjacent to an activating group) is 1. The minimum Gasteiger partial charge on any atom is -0.487 e. The lowest BCUT2D eigenvalue weighted by Gasteiger charge is -2.30. The lowest BCUT2D eigenvalue weighted by atomic mass is 10.2. The molecule has 2 heterocycles. The molecule has 0 unspecified atom stereocenters. The molecule has 0 aliphatic carbocycles. The normalized spacial score (nSPS) is 18.5. The molecule has 1 saturated heterocycles. The van der Waals surface area contributed by atoms with Crippen molar-refractivity contribution in [2.24, 2.45) is 0 Å². The van der Waals surface area contributed by atoms with E-state index in [0.29, 0.717) is 6.61 Å². The number of ether oxygens (including phenoxy) is 2. The Morgan fingerprint density at radius 2 is 2.12 bits per heavy atom. The Labute approximate surface area is 143 Å². The van der Waals surface area contributed by atoms with Crippen LogP contribution in [0.4, 0.5) is 0 Å². The van der Waals surface area contributed by atoms with Crippen LogP contribution in [0.5, 0.6) is 5.75 Å². The van der Waals surface area contributed by atoms with Crippen LogP contribution in [0.15, 0.2) is 48.7 Å². The second-order valence-electron chi connectivity index (χ2n) is 6.10. The third-order valence-corrected chi connectivity index (χ3v) is 4.10. The molecule has 0 amide bonds. The van der Waals surface area contributed by atoms with Gasteiger partial charge in [-0.05, 0) is 25.2 Å². The summed E-state index contributed by atoms with van der Waals surface area (Å²) in [5.74, 6) is 0.900. The van der Waals surface area contributed by atoms with Gasteiger partial charge in [0.2, 0.25) is 0 Å². The van der Waals surface area contributed by atoms with Crippen molar-refractivity contribution in [1.29, 1.82) is 0 Å². The molecule has 1 atom stereocenters. The van der Waals surface area contributed by atoms with E-state index in [1.165, 1.54) is 0 Å². The number of nitrogens with zero attached hydrogens (tertiary/aromatic N) is 2. The molecule has 1 aliphatic rings. The standard InChI is InChI=1S/C19H25N3O2/c1-22-10-11-23-18(14-22)13-20-12-16-6-2-3-8-19(16)24-15-17-7-4-5-9-21-17/h2-9,18,20H,10-15H2,1H3/t18-/m0/s1. The number of morpholine rings is 1. The van der Waals surface area contributed by atoms with Crippen LogP contribution in [0.1, 0.15) is 11.3 Å². The number of hydrogen-bond acceptors (Lipinski definition) is 5. The maximum absolute atomic E-state index is 5.94. The van der Waals surface area contributed by atoms with Gasteiger partial charge in [-0.15, -0.1) is 0 Å². The maximum Gasteiger partial charge on any atom is 0.130 e. The van der Waals surface area contributed by atoms with Crippen molar-refractivity contribution >= 4 is 0 Å². The van der Waals surface area contributed by atoms with Gasteiger partial charge in [0.05, 0.1) is 18.4 Å². The number of benzene rings is 1. The first-order chi connectivity index (χ1) is 11.8. The van der Waals surface area contributed by atoms with Gasteiger partial charge in [-0.3, -0.25) is 4.98 Å². The summed E-state index contributed by atoms with van der Waals surface area (Å²) < 4.78 is 11.7. The third-order valence-electron chi connectivity index (χ3n) is 4.10. The second kappa shape index (κ2) is 8.78. The molecule has 0 saturated carbocycles. The summed E-state index contributed by atoms with van der Waals surface area (Å²) in [6.07, 6.45) is 2.04. The highest BCUT2D eigenvalue weighted by molar-refractivity contribution is 5.33. The van der Waals surface area contributed by atoms with Crippen LogP contribution in [-0.2, 0) is 17.9 Å². The van der Waals surface area contributed by atoms with Crippen LogP contribution < -0.4 is 10.1 Å². The summed E-state index contributed by atoms with van der Waals surface area (Å²) in [6, 6.07) is 14.0. The topological polar surface area (TPSA) is 46.6 Å². The van der Waals surface area contributed by atoms with Crippen LogP contribution in [0, 0.1) is 0 Å². The van der Waals surface area contributed by atoms with Crippen LogP contribution in [0.2, 0.25) is 0 Å². The molecule has 128 valence electrons. The molecular formula is C19H25N3O2. The molecular weight excluding hydrogens is 302 g/mol. The lowest BCUT2D eigenvalue weighted by Crippen LogP contribution is -2.44. The fourth-order valence-corrected chi connectivity index (χ4v) is 2.78. The highest BCUT2D eigenvalue weighted by Gasteiger charge is 2.17. The predicted octanol–water partition coefficient (Wildman–Crippen LogP) is 2.08. The fraction of sp³-hybridized carbons (Fsp3) is 0.421. The van der Waals surface area contributed by atoms with Gasteiger partial charge >= 0.3 is 0 Å². The minimum absolute atomic E-state index is 0.255. The molecule has 1 aromatic heterocycles. The van der Waals surface area contributed by atoms with E-state index in [1.807, 2.05) is 36.4 Å². The van der Waals surface area contributed by atoms with Crippen LogP contribution in [0.25, 0.3) is 0 Å². The molecule has 24 heavy (non-hydrogen) atoms.